The zero-order valence-electron chi connectivity index (χ0n) is 14.3. The third-order valence-corrected chi connectivity index (χ3v) is 4.06. The van der Waals surface area contributed by atoms with Gasteiger partial charge >= 0.3 is 0 Å². The van der Waals surface area contributed by atoms with E-state index in [2.05, 4.69) is 4.98 Å². The van der Waals surface area contributed by atoms with Crippen LogP contribution < -0.4 is 0 Å². The molecule has 4 aromatic rings. The summed E-state index contributed by atoms with van der Waals surface area (Å²) >= 11 is 0. The maximum atomic E-state index is 13.7. The minimum absolute atomic E-state index is 0.269. The van der Waals surface area contributed by atoms with Gasteiger partial charge in [0.1, 0.15) is 17.2 Å². The highest BCUT2D eigenvalue weighted by molar-refractivity contribution is 5.81. The number of hydrogen-bond donors (Lipinski definition) is 0. The van der Waals surface area contributed by atoms with Gasteiger partial charge in [0, 0.05) is 17.7 Å². The summed E-state index contributed by atoms with van der Waals surface area (Å²) in [6, 6.07) is 19.2. The van der Waals surface area contributed by atoms with E-state index < -0.39 is 11.6 Å². The van der Waals surface area contributed by atoms with Gasteiger partial charge in [-0.2, -0.15) is 0 Å². The van der Waals surface area contributed by atoms with E-state index >= 15 is 0 Å². The first-order valence-corrected chi connectivity index (χ1v) is 8.44. The van der Waals surface area contributed by atoms with Crippen LogP contribution in [0.25, 0.3) is 35.4 Å². The van der Waals surface area contributed by atoms with Crippen LogP contribution >= 0.6 is 0 Å². The summed E-state index contributed by atoms with van der Waals surface area (Å²) in [5.74, 6) is -0.879. The van der Waals surface area contributed by atoms with Gasteiger partial charge in [-0.25, -0.2) is 13.8 Å². The molecule has 0 N–H and O–H groups in total. The highest BCUT2D eigenvalue weighted by Gasteiger charge is 2.05. The fourth-order valence-corrected chi connectivity index (χ4v) is 2.69. The van der Waals surface area contributed by atoms with E-state index in [1.165, 1.54) is 18.2 Å². The third kappa shape index (κ3) is 4.01. The van der Waals surface area contributed by atoms with Gasteiger partial charge in [-0.15, -0.1) is 0 Å². The lowest BCUT2D eigenvalue weighted by molar-refractivity contribution is 0.581. The second-order valence-electron chi connectivity index (χ2n) is 6.02. The summed E-state index contributed by atoms with van der Waals surface area (Å²) in [5.41, 5.74) is 3.74. The van der Waals surface area contributed by atoms with Crippen LogP contribution in [0.2, 0.25) is 0 Å². The molecule has 0 spiro atoms. The van der Waals surface area contributed by atoms with Crippen LogP contribution in [0.5, 0.6) is 0 Å². The van der Waals surface area contributed by atoms with Gasteiger partial charge in [-0.1, -0.05) is 48.6 Å². The molecule has 0 aliphatic carbocycles. The van der Waals surface area contributed by atoms with E-state index in [1.807, 2.05) is 60.7 Å². The molecule has 2 nitrogen and oxygen atoms in total. The van der Waals surface area contributed by atoms with Gasteiger partial charge in [-0.3, -0.25) is 0 Å². The van der Waals surface area contributed by atoms with E-state index in [-0.39, 0.29) is 5.56 Å². The summed E-state index contributed by atoms with van der Waals surface area (Å²) in [4.78, 5) is 4.41. The van der Waals surface area contributed by atoms with E-state index in [0.717, 1.165) is 17.2 Å². The first-order valence-electron chi connectivity index (χ1n) is 8.44. The van der Waals surface area contributed by atoms with E-state index in [4.69, 9.17) is 4.42 Å². The zero-order valence-corrected chi connectivity index (χ0v) is 14.3. The molecule has 0 bridgehead atoms. The lowest BCUT2D eigenvalue weighted by atomic mass is 10.1. The van der Waals surface area contributed by atoms with Crippen molar-refractivity contribution in [2.75, 3.05) is 0 Å². The molecule has 1 aromatic heterocycles. The fraction of sp³-hybridized carbons (Fsp3) is 0. The molecule has 0 unspecified atom stereocenters. The topological polar surface area (TPSA) is 26.0 Å². The predicted octanol–water partition coefficient (Wildman–Crippen LogP) is 6.45. The number of halogens is 2. The summed E-state index contributed by atoms with van der Waals surface area (Å²) in [6.07, 6.45) is 7.11. The van der Waals surface area contributed by atoms with E-state index in [1.54, 1.807) is 6.08 Å². The summed E-state index contributed by atoms with van der Waals surface area (Å²) in [7, 11) is 0. The Morgan fingerprint density at radius 1 is 0.741 bits per heavy atom. The van der Waals surface area contributed by atoms with E-state index in [0.29, 0.717) is 17.0 Å². The van der Waals surface area contributed by atoms with Crippen molar-refractivity contribution in [2.24, 2.45) is 0 Å². The van der Waals surface area contributed by atoms with Crippen LogP contribution in [0, 0.1) is 11.6 Å². The van der Waals surface area contributed by atoms with Gasteiger partial charge in [0.15, 0.2) is 5.58 Å². The van der Waals surface area contributed by atoms with Crippen molar-refractivity contribution in [3.8, 4) is 0 Å². The maximum Gasteiger partial charge on any atom is 0.220 e. The molecular formula is C23H15F2NO. The normalized spacial score (nSPS) is 11.8. The summed E-state index contributed by atoms with van der Waals surface area (Å²) < 4.78 is 32.3. The number of oxazole rings is 1. The molecule has 4 rings (SSSR count). The molecular weight excluding hydrogens is 344 g/mol. The lowest BCUT2D eigenvalue weighted by Crippen LogP contribution is -1.83. The Kier molecular flexibility index (Phi) is 4.62. The van der Waals surface area contributed by atoms with Crippen LogP contribution in [-0.4, -0.2) is 4.98 Å². The quantitative estimate of drug-likeness (QED) is 0.392. The highest BCUT2D eigenvalue weighted by Crippen LogP contribution is 2.21. The zero-order chi connectivity index (χ0) is 18.6. The molecule has 0 amide bonds. The highest BCUT2D eigenvalue weighted by atomic mass is 19.1. The Labute approximate surface area is 155 Å². The molecule has 0 saturated carbocycles. The molecule has 27 heavy (non-hydrogen) atoms. The molecule has 0 atom stereocenters. The Morgan fingerprint density at radius 3 is 2.37 bits per heavy atom. The molecule has 0 fully saturated rings. The predicted molar refractivity (Wildman–Crippen MR) is 105 cm³/mol. The number of aromatic nitrogens is 1. The second kappa shape index (κ2) is 7.38. The first-order chi connectivity index (χ1) is 13.2. The van der Waals surface area contributed by atoms with Gasteiger partial charge in [-0.05, 0) is 41.5 Å². The fourth-order valence-electron chi connectivity index (χ4n) is 2.69. The van der Waals surface area contributed by atoms with Crippen LogP contribution in [0.15, 0.2) is 71.1 Å². The number of nitrogens with zero attached hydrogens (tertiary/aromatic N) is 1. The minimum Gasteiger partial charge on any atom is -0.437 e. The third-order valence-electron chi connectivity index (χ3n) is 4.06. The number of fused-ring (bicyclic) bond motifs is 1. The Morgan fingerprint density at radius 2 is 1.56 bits per heavy atom. The molecule has 132 valence electrons. The van der Waals surface area contributed by atoms with Crippen molar-refractivity contribution < 1.29 is 13.2 Å². The minimum atomic E-state index is -0.629. The Hall–Kier alpha value is -3.53. The van der Waals surface area contributed by atoms with Gasteiger partial charge in [0.25, 0.3) is 0 Å². The summed E-state index contributed by atoms with van der Waals surface area (Å²) in [5, 5.41) is 0. The smallest absolute Gasteiger partial charge is 0.220 e. The van der Waals surface area contributed by atoms with Gasteiger partial charge in [0.2, 0.25) is 5.89 Å². The van der Waals surface area contributed by atoms with Crippen molar-refractivity contribution in [3.63, 3.8) is 0 Å². The Bertz CT molecular complexity index is 1140. The number of benzene rings is 3. The van der Waals surface area contributed by atoms with Crippen LogP contribution in [-0.2, 0) is 0 Å². The first kappa shape index (κ1) is 16.9. The Balaban J connectivity index is 1.57. The molecule has 0 radical (unpaired) electrons. The molecule has 1 heterocycles. The van der Waals surface area contributed by atoms with Crippen LogP contribution in [0.1, 0.15) is 22.6 Å². The molecule has 4 heteroatoms. The van der Waals surface area contributed by atoms with Crippen molar-refractivity contribution in [1.29, 1.82) is 0 Å². The van der Waals surface area contributed by atoms with Crippen molar-refractivity contribution in [2.45, 2.75) is 0 Å². The molecule has 0 aliphatic heterocycles. The van der Waals surface area contributed by atoms with Crippen molar-refractivity contribution in [3.05, 3.63) is 101 Å². The van der Waals surface area contributed by atoms with Crippen molar-refractivity contribution >= 4 is 35.4 Å². The number of rotatable bonds is 4. The molecule has 3 aromatic carbocycles. The standard InChI is InChI=1S/C23H15F2NO/c24-19-11-9-18(20(25)15-19)10-13-23-26-21-14-17(8-12-22(21)27-23)7-6-16-4-2-1-3-5-16/h1-15H. The lowest BCUT2D eigenvalue weighted by Gasteiger charge is -1.95. The molecule has 0 saturated heterocycles. The van der Waals surface area contributed by atoms with Crippen LogP contribution in [0.4, 0.5) is 8.78 Å². The SMILES string of the molecule is Fc1ccc(C=Cc2nc3cc(C=Cc4ccccc4)ccc3o2)c(F)c1. The second-order valence-corrected chi connectivity index (χ2v) is 6.02. The van der Waals surface area contributed by atoms with E-state index in [9.17, 15) is 8.78 Å². The monoisotopic (exact) mass is 359 g/mol. The summed E-state index contributed by atoms with van der Waals surface area (Å²) in [6.45, 7) is 0. The van der Waals surface area contributed by atoms with Gasteiger partial charge < -0.3 is 4.42 Å². The van der Waals surface area contributed by atoms with Crippen molar-refractivity contribution in [1.82, 2.24) is 4.98 Å². The largest absolute Gasteiger partial charge is 0.437 e. The van der Waals surface area contributed by atoms with Gasteiger partial charge in [0.05, 0.1) is 0 Å². The van der Waals surface area contributed by atoms with Crippen LogP contribution in [0.3, 0.4) is 0 Å². The average molecular weight is 359 g/mol. The number of hydrogen-bond acceptors (Lipinski definition) is 2. The molecule has 0 aliphatic rings. The maximum absolute atomic E-state index is 13.7. The average Bonchev–Trinajstić information content (AvgIpc) is 3.08.